The molecule has 1 N–H and O–H groups in total. The fourth-order valence-electron chi connectivity index (χ4n) is 3.22. The van der Waals surface area contributed by atoms with Gasteiger partial charge in [0, 0.05) is 30.5 Å². The van der Waals surface area contributed by atoms with Crippen molar-refractivity contribution in [2.75, 3.05) is 13.7 Å². The minimum atomic E-state index is 0.831. The minimum absolute atomic E-state index is 0.831. The van der Waals surface area contributed by atoms with Crippen LogP contribution in [-0.4, -0.2) is 13.7 Å². The van der Waals surface area contributed by atoms with Gasteiger partial charge in [0.25, 0.3) is 0 Å². The molecule has 1 aliphatic rings. The predicted octanol–water partition coefficient (Wildman–Crippen LogP) is 3.68. The number of fused-ring (bicyclic) bond motifs is 3. The molecule has 112 valence electrons. The van der Waals surface area contributed by atoms with Crippen LogP contribution in [0, 0.1) is 0 Å². The maximum Gasteiger partial charge on any atom is 0.176 e. The Balaban J connectivity index is 1.82. The second-order valence-electron chi connectivity index (χ2n) is 5.77. The van der Waals surface area contributed by atoms with E-state index >= 15 is 0 Å². The van der Waals surface area contributed by atoms with E-state index in [4.69, 9.17) is 9.15 Å². The molecule has 0 spiro atoms. The van der Waals surface area contributed by atoms with Crippen molar-refractivity contribution < 1.29 is 9.15 Å². The summed E-state index contributed by atoms with van der Waals surface area (Å²) in [5.41, 5.74) is 4.73. The maximum absolute atomic E-state index is 6.05. The molecule has 3 heteroatoms. The zero-order chi connectivity index (χ0) is 14.9. The summed E-state index contributed by atoms with van der Waals surface area (Å²) < 4.78 is 11.6. The molecule has 2 aromatic carbocycles. The molecule has 0 unspecified atom stereocenters. The highest BCUT2D eigenvalue weighted by Crippen LogP contribution is 2.36. The molecule has 2 heterocycles. The lowest BCUT2D eigenvalue weighted by molar-refractivity contribution is 0.405. The number of methoxy groups -OCH3 is 1. The lowest BCUT2D eigenvalue weighted by atomic mass is 10.00. The molecule has 1 aromatic heterocycles. The van der Waals surface area contributed by atoms with Gasteiger partial charge in [0.2, 0.25) is 0 Å². The van der Waals surface area contributed by atoms with Crippen LogP contribution < -0.4 is 10.1 Å². The van der Waals surface area contributed by atoms with Crippen LogP contribution >= 0.6 is 0 Å². The third-order valence-electron chi connectivity index (χ3n) is 4.30. The van der Waals surface area contributed by atoms with Crippen LogP contribution in [0.3, 0.4) is 0 Å². The lowest BCUT2D eigenvalue weighted by Gasteiger charge is -2.11. The predicted molar refractivity (Wildman–Crippen MR) is 87.4 cm³/mol. The van der Waals surface area contributed by atoms with Crippen LogP contribution in [0.1, 0.15) is 22.5 Å². The maximum atomic E-state index is 6.05. The Morgan fingerprint density at radius 1 is 1.14 bits per heavy atom. The van der Waals surface area contributed by atoms with E-state index in [1.165, 1.54) is 22.1 Å². The topological polar surface area (TPSA) is 34.4 Å². The van der Waals surface area contributed by atoms with Crippen LogP contribution in [0.4, 0.5) is 0 Å². The van der Waals surface area contributed by atoms with Crippen molar-refractivity contribution in [2.45, 2.75) is 19.4 Å². The molecule has 1 aliphatic heterocycles. The second-order valence-corrected chi connectivity index (χ2v) is 5.77. The SMILES string of the molecule is COc1cc(Cc2ccccc2)cc2c3c(oc12)CCNC3. The molecule has 0 amide bonds. The normalized spacial score (nSPS) is 14.0. The summed E-state index contributed by atoms with van der Waals surface area (Å²) in [6.45, 7) is 1.85. The molecule has 3 aromatic rings. The molecule has 0 fully saturated rings. The lowest BCUT2D eigenvalue weighted by Crippen LogP contribution is -2.22. The van der Waals surface area contributed by atoms with Crippen LogP contribution in [0.15, 0.2) is 46.9 Å². The smallest absolute Gasteiger partial charge is 0.176 e. The monoisotopic (exact) mass is 293 g/mol. The fourth-order valence-corrected chi connectivity index (χ4v) is 3.22. The summed E-state index contributed by atoms with van der Waals surface area (Å²) in [4.78, 5) is 0. The third kappa shape index (κ3) is 2.28. The molecule has 0 saturated heterocycles. The van der Waals surface area contributed by atoms with Gasteiger partial charge in [0.15, 0.2) is 11.3 Å². The Bertz CT molecular complexity index is 805. The average Bonchev–Trinajstić information content (AvgIpc) is 2.94. The van der Waals surface area contributed by atoms with Gasteiger partial charge in [0.05, 0.1) is 7.11 Å². The quantitative estimate of drug-likeness (QED) is 0.800. The Morgan fingerprint density at radius 3 is 2.82 bits per heavy atom. The standard InChI is InChI=1S/C19H19NO2/c1-21-18-11-14(9-13-5-3-2-4-6-13)10-15-16-12-20-8-7-17(16)22-19(15)18/h2-6,10-11,20H,7-9,12H2,1H3. The van der Waals surface area contributed by atoms with E-state index < -0.39 is 0 Å². The van der Waals surface area contributed by atoms with Crippen LogP contribution in [0.25, 0.3) is 11.0 Å². The summed E-state index contributed by atoms with van der Waals surface area (Å²) in [5.74, 6) is 1.93. The summed E-state index contributed by atoms with van der Waals surface area (Å²) in [7, 11) is 1.71. The largest absolute Gasteiger partial charge is 0.493 e. The Hall–Kier alpha value is -2.26. The van der Waals surface area contributed by atoms with Gasteiger partial charge in [-0.25, -0.2) is 0 Å². The molecule has 3 nitrogen and oxygen atoms in total. The van der Waals surface area contributed by atoms with Crippen LogP contribution in [0.2, 0.25) is 0 Å². The van der Waals surface area contributed by atoms with E-state index in [0.29, 0.717) is 0 Å². The van der Waals surface area contributed by atoms with E-state index in [-0.39, 0.29) is 0 Å². The van der Waals surface area contributed by atoms with E-state index in [1.807, 2.05) is 6.07 Å². The van der Waals surface area contributed by atoms with Gasteiger partial charge in [-0.2, -0.15) is 0 Å². The van der Waals surface area contributed by atoms with Gasteiger partial charge in [-0.15, -0.1) is 0 Å². The minimum Gasteiger partial charge on any atom is -0.493 e. The summed E-state index contributed by atoms with van der Waals surface area (Å²) in [5, 5.41) is 4.61. The number of hydrogen-bond acceptors (Lipinski definition) is 3. The van der Waals surface area contributed by atoms with Gasteiger partial charge in [-0.3, -0.25) is 0 Å². The first-order valence-electron chi connectivity index (χ1n) is 7.71. The molecular formula is C19H19NO2. The summed E-state index contributed by atoms with van der Waals surface area (Å²) >= 11 is 0. The van der Waals surface area contributed by atoms with Crippen molar-refractivity contribution in [3.05, 3.63) is 64.9 Å². The van der Waals surface area contributed by atoms with Crippen molar-refractivity contribution in [3.8, 4) is 5.75 Å². The zero-order valence-electron chi connectivity index (χ0n) is 12.7. The summed E-state index contributed by atoms with van der Waals surface area (Å²) in [6, 6.07) is 14.9. The number of furan rings is 1. The van der Waals surface area contributed by atoms with Crippen molar-refractivity contribution in [2.24, 2.45) is 0 Å². The van der Waals surface area contributed by atoms with Gasteiger partial charge >= 0.3 is 0 Å². The first kappa shape index (κ1) is 13.4. The average molecular weight is 293 g/mol. The van der Waals surface area contributed by atoms with Crippen molar-refractivity contribution in [3.63, 3.8) is 0 Å². The first-order chi connectivity index (χ1) is 10.8. The molecule has 22 heavy (non-hydrogen) atoms. The van der Waals surface area contributed by atoms with Crippen LogP contribution in [-0.2, 0) is 19.4 Å². The Labute approximate surface area is 129 Å². The van der Waals surface area contributed by atoms with E-state index in [9.17, 15) is 0 Å². The highest BCUT2D eigenvalue weighted by atomic mass is 16.5. The molecule has 0 radical (unpaired) electrons. The van der Waals surface area contributed by atoms with Crippen molar-refractivity contribution in [1.82, 2.24) is 5.32 Å². The molecular weight excluding hydrogens is 274 g/mol. The fraction of sp³-hybridized carbons (Fsp3) is 0.263. The van der Waals surface area contributed by atoms with E-state index in [0.717, 1.165) is 43.0 Å². The Kier molecular flexibility index (Phi) is 3.35. The second kappa shape index (κ2) is 5.50. The number of nitrogens with one attached hydrogen (secondary N) is 1. The molecule has 0 saturated carbocycles. The van der Waals surface area contributed by atoms with Gasteiger partial charge in [0.1, 0.15) is 5.76 Å². The molecule has 4 rings (SSSR count). The summed E-state index contributed by atoms with van der Waals surface area (Å²) in [6.07, 6.45) is 1.85. The van der Waals surface area contributed by atoms with Crippen molar-refractivity contribution in [1.29, 1.82) is 0 Å². The van der Waals surface area contributed by atoms with Crippen molar-refractivity contribution >= 4 is 11.0 Å². The zero-order valence-corrected chi connectivity index (χ0v) is 12.7. The number of hydrogen-bond donors (Lipinski definition) is 1. The number of benzene rings is 2. The number of ether oxygens (including phenoxy) is 1. The first-order valence-corrected chi connectivity index (χ1v) is 7.71. The highest BCUT2D eigenvalue weighted by molar-refractivity contribution is 5.88. The third-order valence-corrected chi connectivity index (χ3v) is 4.30. The highest BCUT2D eigenvalue weighted by Gasteiger charge is 2.20. The van der Waals surface area contributed by atoms with E-state index in [2.05, 4.69) is 41.7 Å². The van der Waals surface area contributed by atoms with E-state index in [1.54, 1.807) is 7.11 Å². The molecule has 0 aliphatic carbocycles. The van der Waals surface area contributed by atoms with Gasteiger partial charge in [-0.05, 0) is 29.7 Å². The molecule has 0 bridgehead atoms. The molecule has 0 atom stereocenters. The number of rotatable bonds is 3. The van der Waals surface area contributed by atoms with Crippen LogP contribution in [0.5, 0.6) is 5.75 Å². The van der Waals surface area contributed by atoms with Gasteiger partial charge < -0.3 is 14.5 Å². The Morgan fingerprint density at radius 2 is 2.00 bits per heavy atom. The van der Waals surface area contributed by atoms with Gasteiger partial charge in [-0.1, -0.05) is 30.3 Å².